The van der Waals surface area contributed by atoms with Gasteiger partial charge in [-0.1, -0.05) is 22.0 Å². The van der Waals surface area contributed by atoms with Crippen LogP contribution < -0.4 is 10.2 Å². The minimum atomic E-state index is -0.642. The Morgan fingerprint density at radius 1 is 1.14 bits per heavy atom. The first kappa shape index (κ1) is 14.7. The molecule has 4 nitrogen and oxygen atoms in total. The summed E-state index contributed by atoms with van der Waals surface area (Å²) in [6.45, 7) is 0. The van der Waals surface area contributed by atoms with E-state index < -0.39 is 11.9 Å². The van der Waals surface area contributed by atoms with Gasteiger partial charge in [-0.2, -0.15) is 0 Å². The molecule has 0 saturated carbocycles. The number of imide groups is 1. The van der Waals surface area contributed by atoms with Gasteiger partial charge in [0.15, 0.2) is 0 Å². The zero-order valence-corrected chi connectivity index (χ0v) is 13.0. The number of hydrogen-bond acceptors (Lipinski definition) is 3. The second kappa shape index (κ2) is 5.88. The third-order valence-corrected chi connectivity index (χ3v) is 3.93. The van der Waals surface area contributed by atoms with Gasteiger partial charge in [0.25, 0.3) is 5.91 Å². The monoisotopic (exact) mass is 362 g/mol. The highest BCUT2D eigenvalue weighted by Crippen LogP contribution is 2.25. The fourth-order valence-electron chi connectivity index (χ4n) is 2.38. The van der Waals surface area contributed by atoms with E-state index in [1.165, 1.54) is 18.2 Å². The Balaban J connectivity index is 1.81. The lowest BCUT2D eigenvalue weighted by Gasteiger charge is -2.16. The molecule has 0 bridgehead atoms. The molecule has 22 heavy (non-hydrogen) atoms. The lowest BCUT2D eigenvalue weighted by atomic mass is 10.2. The number of carbonyl (C=O) groups is 2. The molecule has 2 aromatic carbocycles. The van der Waals surface area contributed by atoms with Crippen molar-refractivity contribution in [1.29, 1.82) is 0 Å². The highest BCUT2D eigenvalue weighted by molar-refractivity contribution is 9.10. The summed E-state index contributed by atoms with van der Waals surface area (Å²) in [5.41, 5.74) is 1.01. The Morgan fingerprint density at radius 3 is 2.55 bits per heavy atom. The van der Waals surface area contributed by atoms with Crippen molar-refractivity contribution >= 4 is 39.1 Å². The summed E-state index contributed by atoms with van der Waals surface area (Å²) in [5.74, 6) is -1.20. The molecule has 1 fully saturated rings. The molecule has 0 aromatic heterocycles. The smallest absolute Gasteiger partial charge is 0.256 e. The highest BCUT2D eigenvalue weighted by Gasteiger charge is 2.39. The fraction of sp³-hybridized carbons (Fsp3) is 0.125. The largest absolute Gasteiger partial charge is 0.373 e. The van der Waals surface area contributed by atoms with E-state index in [2.05, 4.69) is 21.2 Å². The Morgan fingerprint density at radius 2 is 1.86 bits per heavy atom. The summed E-state index contributed by atoms with van der Waals surface area (Å²) in [4.78, 5) is 25.5. The molecule has 3 rings (SSSR count). The summed E-state index contributed by atoms with van der Waals surface area (Å²) in [6.07, 6.45) is 0.0470. The van der Waals surface area contributed by atoms with Crippen LogP contribution in [0.1, 0.15) is 6.42 Å². The summed E-state index contributed by atoms with van der Waals surface area (Å²) < 4.78 is 14.2. The van der Waals surface area contributed by atoms with Gasteiger partial charge >= 0.3 is 0 Å². The molecule has 1 N–H and O–H groups in total. The minimum Gasteiger partial charge on any atom is -0.373 e. The predicted molar refractivity (Wildman–Crippen MR) is 85.1 cm³/mol. The number of carbonyl (C=O) groups excluding carboxylic acids is 2. The number of nitrogens with zero attached hydrogens (tertiary/aromatic N) is 1. The lowest BCUT2D eigenvalue weighted by Crippen LogP contribution is -2.34. The van der Waals surface area contributed by atoms with E-state index in [0.29, 0.717) is 0 Å². The maximum atomic E-state index is 13.3. The number of halogens is 2. The predicted octanol–water partition coefficient (Wildman–Crippen LogP) is 3.33. The van der Waals surface area contributed by atoms with Crippen molar-refractivity contribution in [1.82, 2.24) is 0 Å². The van der Waals surface area contributed by atoms with Crippen LogP contribution in [0.4, 0.5) is 15.8 Å². The summed E-state index contributed by atoms with van der Waals surface area (Å²) in [5, 5.41) is 3.04. The van der Waals surface area contributed by atoms with Gasteiger partial charge in [0.05, 0.1) is 12.1 Å². The first-order valence-corrected chi connectivity index (χ1v) is 7.48. The molecule has 0 radical (unpaired) electrons. The van der Waals surface area contributed by atoms with Crippen molar-refractivity contribution in [2.45, 2.75) is 12.5 Å². The molecule has 1 unspecified atom stereocenters. The number of rotatable bonds is 3. The second-order valence-electron chi connectivity index (χ2n) is 4.96. The molecule has 0 spiro atoms. The standard InChI is InChI=1S/C16H12BrFN2O2/c17-10-4-6-12(7-5-10)19-14-9-15(21)20(16(14)22)13-3-1-2-11(18)8-13/h1-8,14,19H,9H2. The van der Waals surface area contributed by atoms with Crippen LogP contribution in [0.3, 0.4) is 0 Å². The van der Waals surface area contributed by atoms with Gasteiger partial charge in [-0.05, 0) is 42.5 Å². The first-order valence-electron chi connectivity index (χ1n) is 6.69. The van der Waals surface area contributed by atoms with E-state index in [1.807, 2.05) is 24.3 Å². The van der Waals surface area contributed by atoms with Gasteiger partial charge in [-0.3, -0.25) is 9.59 Å². The average Bonchev–Trinajstić information content (AvgIpc) is 2.76. The Bertz CT molecular complexity index is 733. The number of amides is 2. The van der Waals surface area contributed by atoms with Crippen molar-refractivity contribution in [2.24, 2.45) is 0 Å². The van der Waals surface area contributed by atoms with Gasteiger partial charge in [-0.15, -0.1) is 0 Å². The summed E-state index contributed by atoms with van der Waals surface area (Å²) in [7, 11) is 0. The van der Waals surface area contributed by atoms with Crippen LogP contribution in [0, 0.1) is 5.82 Å². The van der Waals surface area contributed by atoms with E-state index in [-0.39, 0.29) is 23.9 Å². The zero-order valence-electron chi connectivity index (χ0n) is 11.4. The quantitative estimate of drug-likeness (QED) is 0.852. The highest BCUT2D eigenvalue weighted by atomic mass is 79.9. The third-order valence-electron chi connectivity index (χ3n) is 3.40. The Labute approximate surface area is 135 Å². The molecule has 2 amide bonds. The Kier molecular flexibility index (Phi) is 3.94. The Hall–Kier alpha value is -2.21. The molecule has 1 saturated heterocycles. The summed E-state index contributed by atoms with van der Waals surface area (Å²) in [6, 6.07) is 12.1. The van der Waals surface area contributed by atoms with Crippen molar-refractivity contribution < 1.29 is 14.0 Å². The number of benzene rings is 2. The van der Waals surface area contributed by atoms with Crippen LogP contribution in [0.5, 0.6) is 0 Å². The summed E-state index contributed by atoms with van der Waals surface area (Å²) >= 11 is 3.33. The van der Waals surface area contributed by atoms with Crippen molar-refractivity contribution in [3.05, 3.63) is 58.8 Å². The lowest BCUT2D eigenvalue weighted by molar-refractivity contribution is -0.121. The molecule has 112 valence electrons. The van der Waals surface area contributed by atoms with Crippen LogP contribution in [-0.2, 0) is 9.59 Å². The van der Waals surface area contributed by atoms with Gasteiger partial charge in [-0.25, -0.2) is 9.29 Å². The van der Waals surface area contributed by atoms with Crippen molar-refractivity contribution in [2.75, 3.05) is 10.2 Å². The van der Waals surface area contributed by atoms with Crippen molar-refractivity contribution in [3.63, 3.8) is 0 Å². The van der Waals surface area contributed by atoms with Crippen LogP contribution >= 0.6 is 15.9 Å². The fourth-order valence-corrected chi connectivity index (χ4v) is 2.64. The topological polar surface area (TPSA) is 49.4 Å². The van der Waals surface area contributed by atoms with Crippen LogP contribution in [0.25, 0.3) is 0 Å². The molecule has 6 heteroatoms. The number of anilines is 2. The maximum Gasteiger partial charge on any atom is 0.256 e. The zero-order chi connectivity index (χ0) is 15.7. The van der Waals surface area contributed by atoms with Crippen LogP contribution in [0.15, 0.2) is 53.0 Å². The van der Waals surface area contributed by atoms with Crippen LogP contribution in [-0.4, -0.2) is 17.9 Å². The van der Waals surface area contributed by atoms with Crippen molar-refractivity contribution in [3.8, 4) is 0 Å². The molecule has 1 atom stereocenters. The van der Waals surface area contributed by atoms with Gasteiger partial charge in [0.2, 0.25) is 5.91 Å². The van der Waals surface area contributed by atoms with E-state index in [0.717, 1.165) is 15.1 Å². The number of hydrogen-bond donors (Lipinski definition) is 1. The molecule has 1 heterocycles. The van der Waals surface area contributed by atoms with Gasteiger partial charge in [0, 0.05) is 10.2 Å². The third kappa shape index (κ3) is 2.87. The molecular formula is C16H12BrFN2O2. The number of nitrogens with one attached hydrogen (secondary N) is 1. The normalized spacial score (nSPS) is 17.9. The molecular weight excluding hydrogens is 351 g/mol. The second-order valence-corrected chi connectivity index (χ2v) is 5.87. The first-order chi connectivity index (χ1) is 10.5. The SMILES string of the molecule is O=C1CC(Nc2ccc(Br)cc2)C(=O)N1c1cccc(F)c1. The van der Waals surface area contributed by atoms with E-state index in [1.54, 1.807) is 6.07 Å². The van der Waals surface area contributed by atoms with E-state index >= 15 is 0 Å². The van der Waals surface area contributed by atoms with Crippen LogP contribution in [0.2, 0.25) is 0 Å². The average molecular weight is 363 g/mol. The molecule has 1 aliphatic heterocycles. The van der Waals surface area contributed by atoms with Gasteiger partial charge in [0.1, 0.15) is 11.9 Å². The molecule has 0 aliphatic carbocycles. The molecule has 2 aromatic rings. The van der Waals surface area contributed by atoms with E-state index in [9.17, 15) is 14.0 Å². The van der Waals surface area contributed by atoms with E-state index in [4.69, 9.17) is 0 Å². The minimum absolute atomic E-state index is 0.0470. The maximum absolute atomic E-state index is 13.3. The van der Waals surface area contributed by atoms with Gasteiger partial charge < -0.3 is 5.32 Å². The molecule has 1 aliphatic rings.